The molecule has 0 aromatic heterocycles. The normalized spacial score (nSPS) is 13.2. The van der Waals surface area contributed by atoms with Gasteiger partial charge in [0, 0.05) is 6.54 Å². The van der Waals surface area contributed by atoms with Gasteiger partial charge in [0.1, 0.15) is 11.8 Å². The molecule has 0 bridgehead atoms. The molecule has 1 atom stereocenters. The van der Waals surface area contributed by atoms with Crippen molar-refractivity contribution in [2.45, 2.75) is 18.8 Å². The van der Waals surface area contributed by atoms with E-state index in [-0.39, 0.29) is 17.9 Å². The zero-order valence-corrected chi connectivity index (χ0v) is 10.6. The average molecular weight is 281 g/mol. The van der Waals surface area contributed by atoms with Gasteiger partial charge in [-0.15, -0.1) is 0 Å². The number of phenolic OH excluding ortho intramolecular Hbond substituents is 1. The number of benzene rings is 2. The number of hydrogen-bond acceptors (Lipinski definition) is 2. The minimum atomic E-state index is -4.40. The monoisotopic (exact) mass is 281 g/mol. The molecule has 0 aliphatic carbocycles. The summed E-state index contributed by atoms with van der Waals surface area (Å²) in [5.74, 6) is -0.0577. The second-order valence-corrected chi connectivity index (χ2v) is 4.43. The average Bonchev–Trinajstić information content (AvgIpc) is 2.41. The maximum atomic E-state index is 13.1. The summed E-state index contributed by atoms with van der Waals surface area (Å²) >= 11 is 0. The van der Waals surface area contributed by atoms with Crippen molar-refractivity contribution in [2.24, 2.45) is 0 Å². The summed E-state index contributed by atoms with van der Waals surface area (Å²) in [6.45, 7) is 0.117. The van der Waals surface area contributed by atoms with E-state index in [2.05, 4.69) is 5.32 Å². The minimum Gasteiger partial charge on any atom is -0.508 e. The Morgan fingerprint density at radius 2 is 1.55 bits per heavy atom. The van der Waals surface area contributed by atoms with E-state index in [0.717, 1.165) is 5.56 Å². The summed E-state index contributed by atoms with van der Waals surface area (Å²) in [6.07, 6.45) is -4.40. The Morgan fingerprint density at radius 1 is 0.950 bits per heavy atom. The highest BCUT2D eigenvalue weighted by Crippen LogP contribution is 2.33. The van der Waals surface area contributed by atoms with Gasteiger partial charge >= 0.3 is 6.18 Å². The third-order valence-electron chi connectivity index (χ3n) is 2.91. The first-order valence-corrected chi connectivity index (χ1v) is 6.10. The number of halogens is 3. The van der Waals surface area contributed by atoms with Crippen LogP contribution < -0.4 is 5.32 Å². The van der Waals surface area contributed by atoms with Crippen LogP contribution >= 0.6 is 0 Å². The van der Waals surface area contributed by atoms with Crippen molar-refractivity contribution >= 4 is 0 Å². The Hall–Kier alpha value is -2.01. The Kier molecular flexibility index (Phi) is 4.29. The van der Waals surface area contributed by atoms with E-state index in [1.807, 2.05) is 6.07 Å². The molecule has 0 amide bonds. The molecule has 0 saturated heterocycles. The maximum Gasteiger partial charge on any atom is 0.407 e. The van der Waals surface area contributed by atoms with Crippen molar-refractivity contribution in [3.05, 3.63) is 65.7 Å². The fraction of sp³-hybridized carbons (Fsp3) is 0.200. The predicted octanol–water partition coefficient (Wildman–Crippen LogP) is 3.79. The van der Waals surface area contributed by atoms with Crippen LogP contribution in [0.3, 0.4) is 0 Å². The summed E-state index contributed by atoms with van der Waals surface area (Å²) < 4.78 is 39.3. The first-order valence-electron chi connectivity index (χ1n) is 6.10. The number of alkyl halides is 3. The zero-order valence-electron chi connectivity index (χ0n) is 10.6. The van der Waals surface area contributed by atoms with Gasteiger partial charge in [-0.05, 0) is 23.3 Å². The summed E-state index contributed by atoms with van der Waals surface area (Å²) in [4.78, 5) is 0. The molecule has 0 spiro atoms. The lowest BCUT2D eigenvalue weighted by Crippen LogP contribution is -2.33. The van der Waals surface area contributed by atoms with E-state index in [0.29, 0.717) is 0 Å². The highest BCUT2D eigenvalue weighted by molar-refractivity contribution is 5.29. The van der Waals surface area contributed by atoms with Crippen molar-refractivity contribution in [1.82, 2.24) is 5.32 Å². The lowest BCUT2D eigenvalue weighted by molar-refractivity contribution is -0.158. The molecule has 0 fully saturated rings. The van der Waals surface area contributed by atoms with Gasteiger partial charge in [-0.1, -0.05) is 42.5 Å². The third kappa shape index (κ3) is 3.74. The molecule has 2 aromatic rings. The fourth-order valence-corrected chi connectivity index (χ4v) is 1.91. The molecule has 2 N–H and O–H groups in total. The quantitative estimate of drug-likeness (QED) is 0.893. The molecule has 2 aromatic carbocycles. The van der Waals surface area contributed by atoms with Crippen molar-refractivity contribution in [3.63, 3.8) is 0 Å². The van der Waals surface area contributed by atoms with Gasteiger partial charge < -0.3 is 5.11 Å². The molecule has 2 rings (SSSR count). The molecule has 0 saturated carbocycles. The third-order valence-corrected chi connectivity index (χ3v) is 2.91. The van der Waals surface area contributed by atoms with E-state index in [9.17, 15) is 13.2 Å². The molecule has 106 valence electrons. The van der Waals surface area contributed by atoms with Gasteiger partial charge in [-0.25, -0.2) is 0 Å². The van der Waals surface area contributed by atoms with Crippen LogP contribution in [0, 0.1) is 0 Å². The van der Waals surface area contributed by atoms with E-state index < -0.39 is 12.2 Å². The number of rotatable bonds is 4. The van der Waals surface area contributed by atoms with Crippen LogP contribution in [0.2, 0.25) is 0 Å². The van der Waals surface area contributed by atoms with Crippen LogP contribution in [0.1, 0.15) is 17.2 Å². The predicted molar refractivity (Wildman–Crippen MR) is 70.2 cm³/mol. The molecule has 0 heterocycles. The Balaban J connectivity index is 2.14. The van der Waals surface area contributed by atoms with Gasteiger partial charge in [-0.3, -0.25) is 5.32 Å². The van der Waals surface area contributed by atoms with Crippen LogP contribution in [0.4, 0.5) is 13.2 Å². The van der Waals surface area contributed by atoms with Gasteiger partial charge in [-0.2, -0.15) is 13.2 Å². The van der Waals surface area contributed by atoms with Crippen molar-refractivity contribution in [2.75, 3.05) is 0 Å². The molecule has 0 aliphatic heterocycles. The molecule has 5 heteroatoms. The second-order valence-electron chi connectivity index (χ2n) is 4.43. The highest BCUT2D eigenvalue weighted by atomic mass is 19.4. The number of hydrogen-bond donors (Lipinski definition) is 2. The van der Waals surface area contributed by atoms with Gasteiger partial charge in [0.15, 0.2) is 0 Å². The highest BCUT2D eigenvalue weighted by Gasteiger charge is 2.40. The lowest BCUT2D eigenvalue weighted by atomic mass is 10.1. The van der Waals surface area contributed by atoms with Crippen LogP contribution in [-0.4, -0.2) is 11.3 Å². The Labute approximate surface area is 114 Å². The Morgan fingerprint density at radius 3 is 2.10 bits per heavy atom. The number of phenols is 1. The molecular formula is C15H14F3NO. The van der Waals surface area contributed by atoms with Crippen LogP contribution in [0.5, 0.6) is 5.75 Å². The topological polar surface area (TPSA) is 32.3 Å². The number of aromatic hydroxyl groups is 1. The largest absolute Gasteiger partial charge is 0.508 e. The zero-order chi connectivity index (χ0) is 14.6. The van der Waals surface area contributed by atoms with Crippen molar-refractivity contribution in [3.8, 4) is 5.75 Å². The van der Waals surface area contributed by atoms with Gasteiger partial charge in [0.2, 0.25) is 0 Å². The lowest BCUT2D eigenvalue weighted by Gasteiger charge is -2.22. The maximum absolute atomic E-state index is 13.1. The first-order chi connectivity index (χ1) is 9.47. The Bertz CT molecular complexity index is 537. The molecule has 1 unspecified atom stereocenters. The van der Waals surface area contributed by atoms with Gasteiger partial charge in [0.05, 0.1) is 0 Å². The van der Waals surface area contributed by atoms with Gasteiger partial charge in [0.25, 0.3) is 0 Å². The van der Waals surface area contributed by atoms with Crippen molar-refractivity contribution in [1.29, 1.82) is 0 Å². The SMILES string of the molecule is Oc1ccc(C(NCc2ccccc2)C(F)(F)F)cc1. The molecule has 0 radical (unpaired) electrons. The first kappa shape index (κ1) is 14.4. The van der Waals surface area contributed by atoms with E-state index in [4.69, 9.17) is 5.11 Å². The smallest absolute Gasteiger partial charge is 0.407 e. The van der Waals surface area contributed by atoms with E-state index in [1.54, 1.807) is 24.3 Å². The molecule has 2 nitrogen and oxygen atoms in total. The molecular weight excluding hydrogens is 267 g/mol. The molecule has 20 heavy (non-hydrogen) atoms. The van der Waals surface area contributed by atoms with Crippen LogP contribution in [0.25, 0.3) is 0 Å². The van der Waals surface area contributed by atoms with Crippen molar-refractivity contribution < 1.29 is 18.3 Å². The summed E-state index contributed by atoms with van der Waals surface area (Å²) in [5, 5.41) is 11.7. The summed E-state index contributed by atoms with van der Waals surface area (Å²) in [7, 11) is 0. The molecule has 0 aliphatic rings. The second kappa shape index (κ2) is 5.96. The standard InChI is InChI=1S/C15H14F3NO/c16-15(17,18)14(12-6-8-13(20)9-7-12)19-10-11-4-2-1-3-5-11/h1-9,14,19-20H,10H2. The van der Waals surface area contributed by atoms with E-state index >= 15 is 0 Å². The van der Waals surface area contributed by atoms with Crippen LogP contribution in [0.15, 0.2) is 54.6 Å². The summed E-state index contributed by atoms with van der Waals surface area (Å²) in [6, 6.07) is 12.2. The summed E-state index contributed by atoms with van der Waals surface area (Å²) in [5.41, 5.74) is 0.853. The van der Waals surface area contributed by atoms with E-state index in [1.165, 1.54) is 24.3 Å². The number of nitrogens with one attached hydrogen (secondary N) is 1. The minimum absolute atomic E-state index is 0.0577. The fourth-order valence-electron chi connectivity index (χ4n) is 1.91. The van der Waals surface area contributed by atoms with Crippen LogP contribution in [-0.2, 0) is 6.54 Å².